The molecule has 1 saturated carbocycles. The Kier molecular flexibility index (Phi) is 4.42. The third-order valence-electron chi connectivity index (χ3n) is 4.11. The van der Waals surface area contributed by atoms with Gasteiger partial charge in [0.15, 0.2) is 0 Å². The molecule has 3 heteroatoms. The van der Waals surface area contributed by atoms with Crippen LogP contribution in [0.2, 0.25) is 0 Å². The van der Waals surface area contributed by atoms with Crippen LogP contribution in [0.25, 0.3) is 0 Å². The molecule has 114 valence electrons. The number of aryl methyl sites for hydroxylation is 1. The van der Waals surface area contributed by atoms with Crippen LogP contribution >= 0.6 is 0 Å². The van der Waals surface area contributed by atoms with Crippen molar-refractivity contribution >= 4 is 6.03 Å². The Morgan fingerprint density at radius 1 is 1.09 bits per heavy atom. The molecule has 1 aliphatic rings. The SMILES string of the molecule is Cc1ccc(CNC(=O)N[C@@H](c2ccccc2)C2CC2)cc1. The summed E-state index contributed by atoms with van der Waals surface area (Å²) in [6.45, 7) is 2.61. The minimum Gasteiger partial charge on any atom is -0.334 e. The van der Waals surface area contributed by atoms with Crippen molar-refractivity contribution in [3.8, 4) is 0 Å². The number of nitrogens with one attached hydrogen (secondary N) is 2. The maximum atomic E-state index is 12.2. The minimum absolute atomic E-state index is 0.0960. The molecular weight excluding hydrogens is 272 g/mol. The van der Waals surface area contributed by atoms with Crippen molar-refractivity contribution in [2.24, 2.45) is 5.92 Å². The number of carbonyl (C=O) groups excluding carboxylic acids is 1. The van der Waals surface area contributed by atoms with Crippen LogP contribution in [0.4, 0.5) is 4.79 Å². The van der Waals surface area contributed by atoms with E-state index >= 15 is 0 Å². The molecule has 1 atom stereocenters. The summed E-state index contributed by atoms with van der Waals surface area (Å²) in [5.41, 5.74) is 3.53. The normalized spacial score (nSPS) is 15.1. The zero-order valence-corrected chi connectivity index (χ0v) is 12.9. The smallest absolute Gasteiger partial charge is 0.315 e. The average Bonchev–Trinajstić information content (AvgIpc) is 3.38. The van der Waals surface area contributed by atoms with Gasteiger partial charge in [-0.2, -0.15) is 0 Å². The quantitative estimate of drug-likeness (QED) is 0.861. The Balaban J connectivity index is 1.56. The average molecular weight is 294 g/mol. The largest absolute Gasteiger partial charge is 0.334 e. The summed E-state index contributed by atoms with van der Waals surface area (Å²) in [6.07, 6.45) is 2.38. The third-order valence-corrected chi connectivity index (χ3v) is 4.11. The van der Waals surface area contributed by atoms with Gasteiger partial charge in [-0.15, -0.1) is 0 Å². The maximum absolute atomic E-state index is 12.2. The molecule has 0 spiro atoms. The molecule has 22 heavy (non-hydrogen) atoms. The maximum Gasteiger partial charge on any atom is 0.315 e. The highest BCUT2D eigenvalue weighted by Gasteiger charge is 2.33. The number of carbonyl (C=O) groups is 1. The topological polar surface area (TPSA) is 41.1 Å². The second-order valence-electron chi connectivity index (χ2n) is 6.04. The predicted molar refractivity (Wildman–Crippen MR) is 88.5 cm³/mol. The number of amides is 2. The molecule has 2 amide bonds. The molecule has 1 fully saturated rings. The standard InChI is InChI=1S/C19H22N2O/c1-14-7-9-15(10-8-14)13-20-19(22)21-18(17-11-12-17)16-5-3-2-4-6-16/h2-10,17-18H,11-13H2,1H3,(H2,20,21,22)/t18-/m0/s1. The summed E-state index contributed by atoms with van der Waals surface area (Å²) < 4.78 is 0. The first kappa shape index (κ1) is 14.6. The molecule has 0 aliphatic heterocycles. The first-order valence-corrected chi connectivity index (χ1v) is 7.87. The molecule has 2 aromatic rings. The van der Waals surface area contributed by atoms with Crippen molar-refractivity contribution in [2.45, 2.75) is 32.4 Å². The van der Waals surface area contributed by atoms with Gasteiger partial charge < -0.3 is 10.6 Å². The van der Waals surface area contributed by atoms with Crippen LogP contribution < -0.4 is 10.6 Å². The molecule has 0 aromatic heterocycles. The van der Waals surface area contributed by atoms with Gasteiger partial charge in [0.25, 0.3) is 0 Å². The van der Waals surface area contributed by atoms with Gasteiger partial charge in [0.2, 0.25) is 0 Å². The van der Waals surface area contributed by atoms with Crippen LogP contribution in [0.5, 0.6) is 0 Å². The molecule has 1 aliphatic carbocycles. The van der Waals surface area contributed by atoms with E-state index in [0.29, 0.717) is 12.5 Å². The fraction of sp³-hybridized carbons (Fsp3) is 0.316. The lowest BCUT2D eigenvalue weighted by molar-refractivity contribution is 0.235. The number of rotatable bonds is 5. The van der Waals surface area contributed by atoms with Crippen LogP contribution in [0.3, 0.4) is 0 Å². The van der Waals surface area contributed by atoms with Gasteiger partial charge in [-0.25, -0.2) is 4.79 Å². The van der Waals surface area contributed by atoms with E-state index in [1.165, 1.54) is 24.0 Å². The lowest BCUT2D eigenvalue weighted by atomic mass is 10.0. The van der Waals surface area contributed by atoms with Crippen LogP contribution in [-0.2, 0) is 6.54 Å². The first-order valence-electron chi connectivity index (χ1n) is 7.87. The second kappa shape index (κ2) is 6.65. The lowest BCUT2D eigenvalue weighted by Crippen LogP contribution is -2.38. The molecule has 2 N–H and O–H groups in total. The fourth-order valence-electron chi connectivity index (χ4n) is 2.64. The van der Waals surface area contributed by atoms with Gasteiger partial charge in [0.05, 0.1) is 6.04 Å². The number of benzene rings is 2. The summed E-state index contributed by atoms with van der Waals surface area (Å²) >= 11 is 0. The van der Waals surface area contributed by atoms with Crippen LogP contribution in [-0.4, -0.2) is 6.03 Å². The molecule has 0 heterocycles. The van der Waals surface area contributed by atoms with Crippen molar-refractivity contribution in [3.63, 3.8) is 0 Å². The Morgan fingerprint density at radius 2 is 1.77 bits per heavy atom. The number of hydrogen-bond donors (Lipinski definition) is 2. The molecular formula is C19H22N2O. The fourth-order valence-corrected chi connectivity index (χ4v) is 2.64. The highest BCUT2D eigenvalue weighted by molar-refractivity contribution is 5.74. The summed E-state index contributed by atoms with van der Waals surface area (Å²) in [4.78, 5) is 12.2. The summed E-state index contributed by atoms with van der Waals surface area (Å²) in [6, 6.07) is 18.5. The molecule has 0 saturated heterocycles. The molecule has 2 aromatic carbocycles. The van der Waals surface area contributed by atoms with Gasteiger partial charge in [-0.1, -0.05) is 60.2 Å². The van der Waals surface area contributed by atoms with E-state index < -0.39 is 0 Å². The minimum atomic E-state index is -0.0960. The van der Waals surface area contributed by atoms with Crippen LogP contribution in [0, 0.1) is 12.8 Å². The van der Waals surface area contributed by atoms with Crippen LogP contribution in [0.15, 0.2) is 54.6 Å². The van der Waals surface area contributed by atoms with Crippen molar-refractivity contribution in [3.05, 3.63) is 71.3 Å². The van der Waals surface area contributed by atoms with Gasteiger partial charge in [0, 0.05) is 6.54 Å². The zero-order chi connectivity index (χ0) is 15.4. The van der Waals surface area contributed by atoms with Crippen molar-refractivity contribution in [1.29, 1.82) is 0 Å². The Morgan fingerprint density at radius 3 is 2.41 bits per heavy atom. The van der Waals surface area contributed by atoms with Gasteiger partial charge in [0.1, 0.15) is 0 Å². The van der Waals surface area contributed by atoms with E-state index in [1.54, 1.807) is 0 Å². The van der Waals surface area contributed by atoms with E-state index in [1.807, 2.05) is 30.3 Å². The second-order valence-corrected chi connectivity index (χ2v) is 6.04. The third kappa shape index (κ3) is 3.88. The Hall–Kier alpha value is -2.29. The summed E-state index contributed by atoms with van der Waals surface area (Å²) in [5.74, 6) is 0.576. The summed E-state index contributed by atoms with van der Waals surface area (Å²) in [7, 11) is 0. The molecule has 0 bridgehead atoms. The number of hydrogen-bond acceptors (Lipinski definition) is 1. The highest BCUT2D eigenvalue weighted by Crippen LogP contribution is 2.40. The van der Waals surface area contributed by atoms with Crippen molar-refractivity contribution in [1.82, 2.24) is 10.6 Å². The van der Waals surface area contributed by atoms with Gasteiger partial charge in [-0.05, 0) is 36.8 Å². The first-order chi connectivity index (χ1) is 10.7. The number of urea groups is 1. The van der Waals surface area contributed by atoms with E-state index in [0.717, 1.165) is 5.56 Å². The van der Waals surface area contributed by atoms with Crippen molar-refractivity contribution in [2.75, 3.05) is 0 Å². The lowest BCUT2D eigenvalue weighted by Gasteiger charge is -2.19. The van der Waals surface area contributed by atoms with Gasteiger partial charge in [-0.3, -0.25) is 0 Å². The van der Waals surface area contributed by atoms with E-state index in [-0.39, 0.29) is 12.1 Å². The van der Waals surface area contributed by atoms with E-state index in [2.05, 4.69) is 41.8 Å². The Bertz CT molecular complexity index is 618. The van der Waals surface area contributed by atoms with Crippen LogP contribution in [0.1, 0.15) is 35.6 Å². The monoisotopic (exact) mass is 294 g/mol. The van der Waals surface area contributed by atoms with Gasteiger partial charge >= 0.3 is 6.03 Å². The molecule has 0 radical (unpaired) electrons. The van der Waals surface area contributed by atoms with E-state index in [9.17, 15) is 4.79 Å². The zero-order valence-electron chi connectivity index (χ0n) is 12.9. The highest BCUT2D eigenvalue weighted by atomic mass is 16.2. The Labute approximate surface area is 131 Å². The van der Waals surface area contributed by atoms with Crippen molar-refractivity contribution < 1.29 is 4.79 Å². The van der Waals surface area contributed by atoms with E-state index in [4.69, 9.17) is 0 Å². The molecule has 0 unspecified atom stereocenters. The summed E-state index contributed by atoms with van der Waals surface area (Å²) in [5, 5.41) is 6.08. The molecule has 3 rings (SSSR count). The molecule has 3 nitrogen and oxygen atoms in total. The predicted octanol–water partition coefficient (Wildman–Crippen LogP) is 3.95.